The second-order valence-electron chi connectivity index (χ2n) is 6.79. The van der Waals surface area contributed by atoms with Crippen LogP contribution < -0.4 is 15.4 Å². The van der Waals surface area contributed by atoms with E-state index in [0.717, 1.165) is 28.9 Å². The first kappa shape index (κ1) is 19.1. The number of anilines is 2. The molecule has 0 atom stereocenters. The Bertz CT molecular complexity index is 1040. The number of hydrogen-bond donors (Lipinski definition) is 2. The minimum atomic E-state index is -0.266. The number of nitrogens with zero attached hydrogens (tertiary/aromatic N) is 1. The van der Waals surface area contributed by atoms with E-state index in [2.05, 4.69) is 34.7 Å². The first-order valence-corrected chi connectivity index (χ1v) is 10.4. The highest BCUT2D eigenvalue weighted by atomic mass is 32.1. The zero-order chi connectivity index (χ0) is 20.2. The molecule has 4 rings (SSSR count). The maximum Gasteiger partial charge on any atom is 0.264 e. The van der Waals surface area contributed by atoms with Crippen LogP contribution in [0.3, 0.4) is 0 Å². The molecule has 1 aliphatic rings. The minimum Gasteiger partial charge on any atom is -0.484 e. The molecule has 2 aromatic carbocycles. The second-order valence-corrected chi connectivity index (χ2v) is 7.65. The molecule has 29 heavy (non-hydrogen) atoms. The quantitative estimate of drug-likeness (QED) is 0.639. The van der Waals surface area contributed by atoms with E-state index in [1.165, 1.54) is 16.9 Å². The Morgan fingerprint density at radius 2 is 2.03 bits per heavy atom. The summed E-state index contributed by atoms with van der Waals surface area (Å²) in [5.74, 6) is 0.360. The van der Waals surface area contributed by atoms with Gasteiger partial charge in [-0.3, -0.25) is 14.9 Å². The topological polar surface area (TPSA) is 80.3 Å². The Balaban J connectivity index is 1.33. The van der Waals surface area contributed by atoms with E-state index in [1.54, 1.807) is 12.1 Å². The molecule has 1 aromatic heterocycles. The summed E-state index contributed by atoms with van der Waals surface area (Å²) in [4.78, 5) is 28.1. The molecule has 7 heteroatoms. The van der Waals surface area contributed by atoms with Gasteiger partial charge in [0.2, 0.25) is 5.91 Å². The SMILES string of the molecule is CCc1ccc(-c2csc(NC(=O)COc3ccc4c(c3)CCC(=O)N4)n2)cc1. The predicted molar refractivity (Wildman–Crippen MR) is 114 cm³/mol. The van der Waals surface area contributed by atoms with E-state index in [-0.39, 0.29) is 18.4 Å². The summed E-state index contributed by atoms with van der Waals surface area (Å²) in [5.41, 5.74) is 4.96. The number of ether oxygens (including phenoxy) is 1. The molecule has 148 valence electrons. The summed E-state index contributed by atoms with van der Waals surface area (Å²) in [6, 6.07) is 13.7. The molecule has 1 aliphatic heterocycles. The van der Waals surface area contributed by atoms with Crippen molar-refractivity contribution in [3.63, 3.8) is 0 Å². The van der Waals surface area contributed by atoms with E-state index in [9.17, 15) is 9.59 Å². The molecule has 0 bridgehead atoms. The molecule has 2 N–H and O–H groups in total. The first-order valence-electron chi connectivity index (χ1n) is 9.51. The molecule has 0 fully saturated rings. The van der Waals surface area contributed by atoms with Gasteiger partial charge in [0.05, 0.1) is 5.69 Å². The van der Waals surface area contributed by atoms with Crippen molar-refractivity contribution in [2.75, 3.05) is 17.2 Å². The molecule has 6 nitrogen and oxygen atoms in total. The van der Waals surface area contributed by atoms with Crippen molar-refractivity contribution in [1.82, 2.24) is 4.98 Å². The van der Waals surface area contributed by atoms with E-state index >= 15 is 0 Å². The third kappa shape index (κ3) is 4.63. The zero-order valence-corrected chi connectivity index (χ0v) is 16.8. The van der Waals surface area contributed by atoms with Gasteiger partial charge in [-0.15, -0.1) is 11.3 Å². The summed E-state index contributed by atoms with van der Waals surface area (Å²) >= 11 is 1.38. The zero-order valence-electron chi connectivity index (χ0n) is 16.0. The summed E-state index contributed by atoms with van der Waals surface area (Å²) in [5, 5.41) is 8.07. The maximum absolute atomic E-state index is 12.2. The van der Waals surface area contributed by atoms with Gasteiger partial charge in [0.25, 0.3) is 5.91 Å². The Kier molecular flexibility index (Phi) is 5.57. The lowest BCUT2D eigenvalue weighted by molar-refractivity contribution is -0.118. The number of aryl methyl sites for hydroxylation is 2. The van der Waals surface area contributed by atoms with Crippen LogP contribution in [0.5, 0.6) is 5.75 Å². The number of aromatic nitrogens is 1. The lowest BCUT2D eigenvalue weighted by Crippen LogP contribution is -2.21. The molecular formula is C22H21N3O3S. The van der Waals surface area contributed by atoms with Crippen molar-refractivity contribution in [2.24, 2.45) is 0 Å². The van der Waals surface area contributed by atoms with Crippen LogP contribution in [0.4, 0.5) is 10.8 Å². The van der Waals surface area contributed by atoms with Gasteiger partial charge in [0.1, 0.15) is 5.75 Å². The molecule has 0 spiro atoms. The normalized spacial score (nSPS) is 12.8. The average molecular weight is 407 g/mol. The van der Waals surface area contributed by atoms with Gasteiger partial charge in [-0.2, -0.15) is 0 Å². The maximum atomic E-state index is 12.2. The van der Waals surface area contributed by atoms with E-state index in [0.29, 0.717) is 23.7 Å². The molecule has 0 saturated carbocycles. The molecule has 0 saturated heterocycles. The van der Waals surface area contributed by atoms with Gasteiger partial charge in [-0.1, -0.05) is 31.2 Å². The van der Waals surface area contributed by atoms with Crippen LogP contribution in [0.2, 0.25) is 0 Å². The highest BCUT2D eigenvalue weighted by Gasteiger charge is 2.15. The van der Waals surface area contributed by atoms with Crippen LogP contribution in [-0.2, 0) is 22.4 Å². The van der Waals surface area contributed by atoms with Crippen LogP contribution in [0.1, 0.15) is 24.5 Å². The van der Waals surface area contributed by atoms with Crippen molar-refractivity contribution < 1.29 is 14.3 Å². The molecular weight excluding hydrogens is 386 g/mol. The van der Waals surface area contributed by atoms with Crippen molar-refractivity contribution in [3.05, 3.63) is 59.0 Å². The number of hydrogen-bond acceptors (Lipinski definition) is 5. The van der Waals surface area contributed by atoms with Gasteiger partial charge in [0, 0.05) is 23.1 Å². The number of rotatable bonds is 6. The number of nitrogens with one attached hydrogen (secondary N) is 2. The third-order valence-corrected chi connectivity index (χ3v) is 5.51. The molecule has 2 amide bonds. The second kappa shape index (κ2) is 8.45. The lowest BCUT2D eigenvalue weighted by Gasteiger charge is -2.17. The number of thiazole rings is 1. The summed E-state index contributed by atoms with van der Waals surface area (Å²) < 4.78 is 5.60. The van der Waals surface area contributed by atoms with Crippen molar-refractivity contribution in [3.8, 4) is 17.0 Å². The fourth-order valence-corrected chi connectivity index (χ4v) is 3.86. The van der Waals surface area contributed by atoms with Gasteiger partial charge in [-0.25, -0.2) is 4.98 Å². The van der Waals surface area contributed by atoms with Crippen LogP contribution in [0.25, 0.3) is 11.3 Å². The summed E-state index contributed by atoms with van der Waals surface area (Å²) in [6.07, 6.45) is 2.13. The lowest BCUT2D eigenvalue weighted by atomic mass is 10.0. The Labute approximate surface area is 172 Å². The van der Waals surface area contributed by atoms with Crippen LogP contribution in [-0.4, -0.2) is 23.4 Å². The summed E-state index contributed by atoms with van der Waals surface area (Å²) in [7, 11) is 0. The van der Waals surface area contributed by atoms with Gasteiger partial charge in [0.15, 0.2) is 11.7 Å². The smallest absolute Gasteiger partial charge is 0.264 e. The fourth-order valence-electron chi connectivity index (χ4n) is 3.13. The van der Waals surface area contributed by atoms with E-state index in [4.69, 9.17) is 4.74 Å². The van der Waals surface area contributed by atoms with E-state index in [1.807, 2.05) is 23.6 Å². The van der Waals surface area contributed by atoms with Crippen molar-refractivity contribution in [1.29, 1.82) is 0 Å². The number of carbonyl (C=O) groups excluding carboxylic acids is 2. The fraction of sp³-hybridized carbons (Fsp3) is 0.227. The first-order chi connectivity index (χ1) is 14.1. The van der Waals surface area contributed by atoms with Gasteiger partial charge >= 0.3 is 0 Å². The summed E-state index contributed by atoms with van der Waals surface area (Å²) in [6.45, 7) is 2.01. The van der Waals surface area contributed by atoms with Crippen LogP contribution >= 0.6 is 11.3 Å². The molecule has 2 heterocycles. The number of fused-ring (bicyclic) bond motifs is 1. The van der Waals surface area contributed by atoms with Crippen LogP contribution in [0, 0.1) is 0 Å². The van der Waals surface area contributed by atoms with Crippen molar-refractivity contribution >= 4 is 34.0 Å². The Morgan fingerprint density at radius 3 is 2.83 bits per heavy atom. The number of benzene rings is 2. The minimum absolute atomic E-state index is 0.0228. The Hall–Kier alpha value is -3.19. The third-order valence-electron chi connectivity index (χ3n) is 4.75. The van der Waals surface area contributed by atoms with Gasteiger partial charge in [-0.05, 0) is 42.2 Å². The molecule has 0 aliphatic carbocycles. The van der Waals surface area contributed by atoms with E-state index < -0.39 is 0 Å². The average Bonchev–Trinajstić information content (AvgIpc) is 3.20. The highest BCUT2D eigenvalue weighted by Crippen LogP contribution is 2.27. The van der Waals surface area contributed by atoms with Gasteiger partial charge < -0.3 is 10.1 Å². The standard InChI is InChI=1S/C22H21N3O3S/c1-2-14-3-5-15(6-4-14)19-13-29-22(24-19)25-21(27)12-28-17-8-9-18-16(11-17)7-10-20(26)23-18/h3-6,8-9,11,13H,2,7,10,12H2,1H3,(H,23,26)(H,24,25,27). The van der Waals surface area contributed by atoms with Crippen LogP contribution in [0.15, 0.2) is 47.8 Å². The predicted octanol–water partition coefficient (Wildman–Crippen LogP) is 4.27. The molecule has 0 radical (unpaired) electrons. The number of amides is 2. The molecule has 3 aromatic rings. The highest BCUT2D eigenvalue weighted by molar-refractivity contribution is 7.14. The number of carbonyl (C=O) groups is 2. The molecule has 0 unspecified atom stereocenters. The monoisotopic (exact) mass is 407 g/mol. The largest absolute Gasteiger partial charge is 0.484 e. The van der Waals surface area contributed by atoms with Crippen molar-refractivity contribution in [2.45, 2.75) is 26.2 Å². The Morgan fingerprint density at radius 1 is 1.21 bits per heavy atom.